The molecule has 1 atom stereocenters. The molecule has 1 aromatic rings. The van der Waals surface area contributed by atoms with Gasteiger partial charge in [0.05, 0.1) is 13.7 Å². The molecule has 2 heteroatoms. The summed E-state index contributed by atoms with van der Waals surface area (Å²) in [7, 11) is 1.68. The van der Waals surface area contributed by atoms with Gasteiger partial charge in [0.2, 0.25) is 0 Å². The second-order valence-electron chi connectivity index (χ2n) is 4.71. The predicted octanol–water partition coefficient (Wildman–Crippen LogP) is 3.04. The first kappa shape index (κ1) is 13.0. The van der Waals surface area contributed by atoms with Crippen LogP contribution in [0.15, 0.2) is 12.1 Å². The van der Waals surface area contributed by atoms with Crippen molar-refractivity contribution in [1.82, 2.24) is 0 Å². The fourth-order valence-electron chi connectivity index (χ4n) is 1.95. The molecule has 0 aliphatic rings. The second-order valence-corrected chi connectivity index (χ2v) is 4.71. The molecule has 0 saturated heterocycles. The topological polar surface area (TPSA) is 29.5 Å². The van der Waals surface area contributed by atoms with Crippen molar-refractivity contribution >= 4 is 0 Å². The average Bonchev–Trinajstić information content (AvgIpc) is 2.23. The Morgan fingerprint density at radius 3 is 2.19 bits per heavy atom. The van der Waals surface area contributed by atoms with E-state index in [1.165, 1.54) is 11.1 Å². The maximum absolute atomic E-state index is 9.47. The van der Waals surface area contributed by atoms with E-state index in [2.05, 4.69) is 39.8 Å². The van der Waals surface area contributed by atoms with Gasteiger partial charge in [-0.25, -0.2) is 0 Å². The zero-order valence-corrected chi connectivity index (χ0v) is 10.9. The highest BCUT2D eigenvalue weighted by atomic mass is 16.5. The molecule has 0 radical (unpaired) electrons. The van der Waals surface area contributed by atoms with Crippen LogP contribution in [0.2, 0.25) is 0 Å². The van der Waals surface area contributed by atoms with Crippen molar-refractivity contribution < 1.29 is 9.84 Å². The SMILES string of the molecule is COc1cc(C)c(C)cc1C(CO)C(C)C. The number of hydrogen-bond donors (Lipinski definition) is 1. The van der Waals surface area contributed by atoms with Crippen LogP contribution in [0, 0.1) is 19.8 Å². The third-order valence-corrected chi connectivity index (χ3v) is 3.25. The molecule has 0 aliphatic carbocycles. The summed E-state index contributed by atoms with van der Waals surface area (Å²) in [5.74, 6) is 1.44. The third kappa shape index (κ3) is 2.56. The zero-order valence-electron chi connectivity index (χ0n) is 10.9. The van der Waals surface area contributed by atoms with Gasteiger partial charge in [0.15, 0.2) is 0 Å². The number of hydrogen-bond acceptors (Lipinski definition) is 2. The first-order chi connectivity index (χ1) is 7.51. The van der Waals surface area contributed by atoms with Crippen molar-refractivity contribution in [3.8, 4) is 5.75 Å². The van der Waals surface area contributed by atoms with Crippen molar-refractivity contribution in [2.24, 2.45) is 5.92 Å². The molecule has 0 aliphatic heterocycles. The van der Waals surface area contributed by atoms with E-state index in [1.807, 2.05) is 0 Å². The molecule has 1 unspecified atom stereocenters. The van der Waals surface area contributed by atoms with Crippen LogP contribution < -0.4 is 4.74 Å². The minimum Gasteiger partial charge on any atom is -0.496 e. The highest BCUT2D eigenvalue weighted by Gasteiger charge is 2.19. The summed E-state index contributed by atoms with van der Waals surface area (Å²) in [5, 5.41) is 9.47. The Labute approximate surface area is 98.3 Å². The van der Waals surface area contributed by atoms with Gasteiger partial charge < -0.3 is 9.84 Å². The number of ether oxygens (including phenoxy) is 1. The number of aliphatic hydroxyl groups is 1. The van der Waals surface area contributed by atoms with Gasteiger partial charge >= 0.3 is 0 Å². The number of benzene rings is 1. The van der Waals surface area contributed by atoms with Crippen LogP contribution in [-0.2, 0) is 0 Å². The minimum atomic E-state index is 0.147. The van der Waals surface area contributed by atoms with Crippen LogP contribution in [0.25, 0.3) is 0 Å². The van der Waals surface area contributed by atoms with E-state index in [0.29, 0.717) is 5.92 Å². The van der Waals surface area contributed by atoms with Crippen molar-refractivity contribution in [2.45, 2.75) is 33.6 Å². The molecule has 0 amide bonds. The monoisotopic (exact) mass is 222 g/mol. The molecule has 0 fully saturated rings. The number of rotatable bonds is 4. The van der Waals surface area contributed by atoms with Gasteiger partial charge in [0.25, 0.3) is 0 Å². The quantitative estimate of drug-likeness (QED) is 0.848. The van der Waals surface area contributed by atoms with Gasteiger partial charge in [0.1, 0.15) is 5.75 Å². The Hall–Kier alpha value is -1.02. The fraction of sp³-hybridized carbons (Fsp3) is 0.571. The number of methoxy groups -OCH3 is 1. The molecule has 1 N–H and O–H groups in total. The van der Waals surface area contributed by atoms with Crippen LogP contribution in [0.5, 0.6) is 5.75 Å². The molecular weight excluding hydrogens is 200 g/mol. The van der Waals surface area contributed by atoms with Crippen molar-refractivity contribution in [3.05, 3.63) is 28.8 Å². The standard InChI is InChI=1S/C14H22O2/c1-9(2)13(8-15)12-6-10(3)11(4)7-14(12)16-5/h6-7,9,13,15H,8H2,1-5H3. The molecule has 0 spiro atoms. The maximum Gasteiger partial charge on any atom is 0.122 e. The fourth-order valence-corrected chi connectivity index (χ4v) is 1.95. The molecule has 0 aromatic heterocycles. The lowest BCUT2D eigenvalue weighted by Crippen LogP contribution is -2.13. The summed E-state index contributed by atoms with van der Waals surface area (Å²) < 4.78 is 5.40. The highest BCUT2D eigenvalue weighted by molar-refractivity contribution is 5.44. The maximum atomic E-state index is 9.47. The Morgan fingerprint density at radius 2 is 1.75 bits per heavy atom. The van der Waals surface area contributed by atoms with Crippen molar-refractivity contribution in [3.63, 3.8) is 0 Å². The van der Waals surface area contributed by atoms with Crippen LogP contribution in [0.4, 0.5) is 0 Å². The molecule has 1 rings (SSSR count). The van der Waals surface area contributed by atoms with Crippen molar-refractivity contribution in [2.75, 3.05) is 13.7 Å². The first-order valence-corrected chi connectivity index (χ1v) is 5.77. The molecule has 90 valence electrons. The summed E-state index contributed by atoms with van der Waals surface area (Å²) in [6.45, 7) is 8.57. The van der Waals surface area contributed by atoms with Gasteiger partial charge in [-0.2, -0.15) is 0 Å². The van der Waals surface area contributed by atoms with Crippen LogP contribution >= 0.6 is 0 Å². The van der Waals surface area contributed by atoms with Crippen LogP contribution in [0.1, 0.15) is 36.5 Å². The van der Waals surface area contributed by atoms with Gasteiger partial charge in [-0.15, -0.1) is 0 Å². The summed E-state index contributed by atoms with van der Waals surface area (Å²) in [6.07, 6.45) is 0. The molecule has 0 bridgehead atoms. The average molecular weight is 222 g/mol. The van der Waals surface area contributed by atoms with Gasteiger partial charge in [-0.1, -0.05) is 19.9 Å². The van der Waals surface area contributed by atoms with E-state index in [0.717, 1.165) is 11.3 Å². The summed E-state index contributed by atoms with van der Waals surface area (Å²) in [6, 6.07) is 4.19. The van der Waals surface area contributed by atoms with Crippen molar-refractivity contribution in [1.29, 1.82) is 0 Å². The van der Waals surface area contributed by atoms with Gasteiger partial charge in [-0.05, 0) is 37.0 Å². The Kier molecular flexibility index (Phi) is 4.36. The van der Waals surface area contributed by atoms with E-state index < -0.39 is 0 Å². The lowest BCUT2D eigenvalue weighted by atomic mass is 9.87. The van der Waals surface area contributed by atoms with Gasteiger partial charge in [-0.3, -0.25) is 0 Å². The van der Waals surface area contributed by atoms with Crippen LogP contribution in [0.3, 0.4) is 0 Å². The molecule has 16 heavy (non-hydrogen) atoms. The van der Waals surface area contributed by atoms with E-state index in [-0.39, 0.29) is 12.5 Å². The Morgan fingerprint density at radius 1 is 1.19 bits per heavy atom. The third-order valence-electron chi connectivity index (χ3n) is 3.25. The second kappa shape index (κ2) is 5.35. The molecule has 0 saturated carbocycles. The van der Waals surface area contributed by atoms with E-state index in [1.54, 1.807) is 7.11 Å². The lowest BCUT2D eigenvalue weighted by Gasteiger charge is -2.22. The van der Waals surface area contributed by atoms with E-state index in [9.17, 15) is 5.11 Å². The predicted molar refractivity (Wildman–Crippen MR) is 67.1 cm³/mol. The molecular formula is C14H22O2. The lowest BCUT2D eigenvalue weighted by molar-refractivity contribution is 0.234. The Balaban J connectivity index is 3.24. The van der Waals surface area contributed by atoms with Crippen LogP contribution in [-0.4, -0.2) is 18.8 Å². The number of aryl methyl sites for hydroxylation is 2. The number of aliphatic hydroxyl groups excluding tert-OH is 1. The Bertz CT molecular complexity index is 356. The summed E-state index contributed by atoms with van der Waals surface area (Å²) >= 11 is 0. The largest absolute Gasteiger partial charge is 0.496 e. The molecule has 0 heterocycles. The smallest absolute Gasteiger partial charge is 0.122 e. The van der Waals surface area contributed by atoms with E-state index in [4.69, 9.17) is 4.74 Å². The summed E-state index contributed by atoms with van der Waals surface area (Å²) in [5.41, 5.74) is 3.58. The molecule has 1 aromatic carbocycles. The summed E-state index contributed by atoms with van der Waals surface area (Å²) in [4.78, 5) is 0. The van der Waals surface area contributed by atoms with Gasteiger partial charge in [0, 0.05) is 11.5 Å². The minimum absolute atomic E-state index is 0.147. The molecule has 2 nitrogen and oxygen atoms in total. The van der Waals surface area contributed by atoms with E-state index >= 15 is 0 Å². The normalized spacial score (nSPS) is 12.9. The first-order valence-electron chi connectivity index (χ1n) is 5.77. The highest BCUT2D eigenvalue weighted by Crippen LogP contribution is 2.33. The zero-order chi connectivity index (χ0) is 12.3.